The van der Waals surface area contributed by atoms with Crippen molar-refractivity contribution in [2.24, 2.45) is 52.3 Å². The molecule has 30 heavy (non-hydrogen) atoms. The molecule has 0 bridgehead atoms. The van der Waals surface area contributed by atoms with Crippen molar-refractivity contribution in [2.75, 3.05) is 0 Å². The van der Waals surface area contributed by atoms with Gasteiger partial charge < -0.3 is 10.2 Å². The highest BCUT2D eigenvalue weighted by Crippen LogP contribution is 2.67. The van der Waals surface area contributed by atoms with Gasteiger partial charge >= 0.3 is 0 Å². The maximum atomic E-state index is 11.1. The van der Waals surface area contributed by atoms with Gasteiger partial charge in [-0.3, -0.25) is 0 Å². The van der Waals surface area contributed by atoms with Gasteiger partial charge in [-0.1, -0.05) is 53.2 Å². The summed E-state index contributed by atoms with van der Waals surface area (Å²) in [4.78, 5) is 0. The fourth-order valence-corrected chi connectivity index (χ4v) is 8.68. The van der Waals surface area contributed by atoms with Crippen molar-refractivity contribution in [3.05, 3.63) is 11.6 Å². The Labute approximate surface area is 185 Å². The summed E-state index contributed by atoms with van der Waals surface area (Å²) in [5.74, 6) is 4.76. The van der Waals surface area contributed by atoms with Crippen molar-refractivity contribution in [3.63, 3.8) is 0 Å². The van der Waals surface area contributed by atoms with E-state index in [0.717, 1.165) is 37.0 Å². The first-order valence-corrected chi connectivity index (χ1v) is 13.1. The third kappa shape index (κ3) is 3.62. The standard InChI is InChI=1S/C28H48O2/c1-17(2)18(3)15-26(30)19(4)23-9-10-24-22-8-7-20-16-21(29)11-13-27(20,5)25(22)12-14-28(23,24)6/h7,17-19,21-26,29-30H,8-16H2,1-6H3/t18-,19+,21+,22?,23-,24?,25?,26+,27+,28-/m1/s1. The first kappa shape index (κ1) is 22.8. The van der Waals surface area contributed by atoms with Crippen molar-refractivity contribution in [3.8, 4) is 0 Å². The van der Waals surface area contributed by atoms with Crippen molar-refractivity contribution >= 4 is 0 Å². The van der Waals surface area contributed by atoms with Crippen LogP contribution in [0.4, 0.5) is 0 Å². The van der Waals surface area contributed by atoms with Crippen LogP contribution in [0.2, 0.25) is 0 Å². The summed E-state index contributed by atoms with van der Waals surface area (Å²) >= 11 is 0. The summed E-state index contributed by atoms with van der Waals surface area (Å²) in [6.07, 6.45) is 12.9. The molecule has 4 aliphatic carbocycles. The number of hydrogen-bond donors (Lipinski definition) is 2. The SMILES string of the molecule is CC(C)[C@H](C)C[C@H](O)[C@@H](C)[C@H]1CCC2C3CC=C4C[C@@H](O)CC[C@]4(C)C3CC[C@@]21C. The Hall–Kier alpha value is -0.340. The lowest BCUT2D eigenvalue weighted by molar-refractivity contribution is -0.0693. The summed E-state index contributed by atoms with van der Waals surface area (Å²) < 4.78 is 0. The van der Waals surface area contributed by atoms with E-state index in [2.05, 4.69) is 47.6 Å². The minimum absolute atomic E-state index is 0.110. The molecule has 0 aliphatic heterocycles. The lowest BCUT2D eigenvalue weighted by Crippen LogP contribution is -2.51. The molecule has 4 aliphatic rings. The van der Waals surface area contributed by atoms with Crippen LogP contribution in [0.3, 0.4) is 0 Å². The predicted octanol–water partition coefficient (Wildman–Crippen LogP) is 6.61. The van der Waals surface area contributed by atoms with Gasteiger partial charge in [0.1, 0.15) is 0 Å². The second kappa shape index (κ2) is 8.22. The Morgan fingerprint density at radius 2 is 1.73 bits per heavy atom. The topological polar surface area (TPSA) is 40.5 Å². The monoisotopic (exact) mass is 416 g/mol. The molecular formula is C28H48O2. The first-order valence-electron chi connectivity index (χ1n) is 13.1. The summed E-state index contributed by atoms with van der Waals surface area (Å²) in [6.45, 7) is 14.3. The van der Waals surface area contributed by atoms with Crippen molar-refractivity contribution < 1.29 is 10.2 Å². The molecule has 4 rings (SSSR count). The maximum absolute atomic E-state index is 11.1. The van der Waals surface area contributed by atoms with E-state index in [9.17, 15) is 10.2 Å². The largest absolute Gasteiger partial charge is 0.393 e. The molecule has 0 aromatic carbocycles. The molecule has 3 saturated carbocycles. The predicted molar refractivity (Wildman–Crippen MR) is 125 cm³/mol. The normalized spacial score (nSPS) is 46.4. The highest BCUT2D eigenvalue weighted by molar-refractivity contribution is 5.25. The molecule has 0 amide bonds. The van der Waals surface area contributed by atoms with E-state index in [1.54, 1.807) is 5.57 Å². The van der Waals surface area contributed by atoms with Gasteiger partial charge in [0.25, 0.3) is 0 Å². The van der Waals surface area contributed by atoms with Gasteiger partial charge in [0.2, 0.25) is 0 Å². The van der Waals surface area contributed by atoms with E-state index in [1.165, 1.54) is 38.5 Å². The number of aliphatic hydroxyl groups excluding tert-OH is 2. The maximum Gasteiger partial charge on any atom is 0.0577 e. The average Bonchev–Trinajstić information content (AvgIpc) is 3.04. The van der Waals surface area contributed by atoms with Crippen LogP contribution in [0, 0.1) is 52.3 Å². The molecule has 0 heterocycles. The lowest BCUT2D eigenvalue weighted by atomic mass is 9.47. The highest BCUT2D eigenvalue weighted by atomic mass is 16.3. The van der Waals surface area contributed by atoms with Gasteiger partial charge in [-0.05, 0) is 110 Å². The molecular weight excluding hydrogens is 368 g/mol. The fraction of sp³-hybridized carbons (Fsp3) is 0.929. The summed E-state index contributed by atoms with van der Waals surface area (Å²) in [5, 5.41) is 21.4. The molecule has 10 atom stereocenters. The zero-order chi connectivity index (χ0) is 21.8. The first-order chi connectivity index (χ1) is 14.1. The van der Waals surface area contributed by atoms with Gasteiger partial charge in [-0.15, -0.1) is 0 Å². The Kier molecular flexibility index (Phi) is 6.26. The average molecular weight is 417 g/mol. The van der Waals surface area contributed by atoms with E-state index in [1.807, 2.05) is 0 Å². The summed E-state index contributed by atoms with van der Waals surface area (Å²) in [7, 11) is 0. The fourth-order valence-electron chi connectivity index (χ4n) is 8.68. The van der Waals surface area contributed by atoms with Gasteiger partial charge in [0, 0.05) is 0 Å². The number of allylic oxidation sites excluding steroid dienone is 1. The van der Waals surface area contributed by atoms with E-state index in [-0.39, 0.29) is 12.2 Å². The number of aliphatic hydroxyl groups is 2. The molecule has 0 aromatic heterocycles. The zero-order valence-electron chi connectivity index (χ0n) is 20.5. The Balaban J connectivity index is 1.51. The van der Waals surface area contributed by atoms with Crippen LogP contribution in [0.5, 0.6) is 0 Å². The molecule has 2 heteroatoms. The lowest BCUT2D eigenvalue weighted by Gasteiger charge is -2.58. The zero-order valence-corrected chi connectivity index (χ0v) is 20.5. The van der Waals surface area contributed by atoms with Crippen LogP contribution in [0.15, 0.2) is 11.6 Å². The minimum Gasteiger partial charge on any atom is -0.393 e. The molecule has 0 aromatic rings. The number of rotatable bonds is 5. The minimum atomic E-state index is -0.157. The van der Waals surface area contributed by atoms with Crippen LogP contribution in [0.25, 0.3) is 0 Å². The molecule has 0 radical (unpaired) electrons. The molecule has 2 nitrogen and oxygen atoms in total. The Morgan fingerprint density at radius 3 is 2.43 bits per heavy atom. The molecule has 0 saturated heterocycles. The van der Waals surface area contributed by atoms with Crippen LogP contribution in [-0.2, 0) is 0 Å². The second-order valence-electron chi connectivity index (χ2n) is 12.8. The number of hydrogen-bond acceptors (Lipinski definition) is 2. The van der Waals surface area contributed by atoms with Gasteiger partial charge in [-0.2, -0.15) is 0 Å². The smallest absolute Gasteiger partial charge is 0.0577 e. The van der Waals surface area contributed by atoms with E-state index in [4.69, 9.17) is 0 Å². The Bertz CT molecular complexity index is 653. The quantitative estimate of drug-likeness (QED) is 0.495. The van der Waals surface area contributed by atoms with Crippen molar-refractivity contribution in [1.29, 1.82) is 0 Å². The number of fused-ring (bicyclic) bond motifs is 5. The third-order valence-corrected chi connectivity index (χ3v) is 11.1. The Morgan fingerprint density at radius 1 is 1.00 bits per heavy atom. The molecule has 3 fully saturated rings. The molecule has 0 spiro atoms. The van der Waals surface area contributed by atoms with Crippen LogP contribution in [-0.4, -0.2) is 22.4 Å². The molecule has 2 N–H and O–H groups in total. The van der Waals surface area contributed by atoms with Crippen LogP contribution >= 0.6 is 0 Å². The van der Waals surface area contributed by atoms with Crippen molar-refractivity contribution in [1.82, 2.24) is 0 Å². The van der Waals surface area contributed by atoms with Crippen molar-refractivity contribution in [2.45, 2.75) is 112 Å². The van der Waals surface area contributed by atoms with Gasteiger partial charge in [-0.25, -0.2) is 0 Å². The molecule has 172 valence electrons. The summed E-state index contributed by atoms with van der Waals surface area (Å²) in [5.41, 5.74) is 2.31. The molecule has 3 unspecified atom stereocenters. The highest BCUT2D eigenvalue weighted by Gasteiger charge is 2.59. The van der Waals surface area contributed by atoms with E-state index < -0.39 is 0 Å². The second-order valence-corrected chi connectivity index (χ2v) is 12.8. The van der Waals surface area contributed by atoms with Crippen LogP contribution in [0.1, 0.15) is 99.3 Å². The van der Waals surface area contributed by atoms with Crippen LogP contribution < -0.4 is 0 Å². The van der Waals surface area contributed by atoms with E-state index >= 15 is 0 Å². The van der Waals surface area contributed by atoms with Gasteiger partial charge in [0.15, 0.2) is 0 Å². The third-order valence-electron chi connectivity index (χ3n) is 11.1. The summed E-state index contributed by atoms with van der Waals surface area (Å²) in [6, 6.07) is 0. The van der Waals surface area contributed by atoms with Gasteiger partial charge in [0.05, 0.1) is 12.2 Å². The van der Waals surface area contributed by atoms with E-state index in [0.29, 0.717) is 34.5 Å².